The highest BCUT2D eigenvalue weighted by atomic mass is 35.5. The molecule has 74 valence electrons. The van der Waals surface area contributed by atoms with Gasteiger partial charge in [0, 0.05) is 37.7 Å². The van der Waals surface area contributed by atoms with Crippen LogP contribution in [0.15, 0.2) is 0 Å². The highest BCUT2D eigenvalue weighted by Crippen LogP contribution is 2.19. The van der Waals surface area contributed by atoms with Crippen LogP contribution in [0.5, 0.6) is 0 Å². The highest BCUT2D eigenvalue weighted by molar-refractivity contribution is 7.10. The van der Waals surface area contributed by atoms with Crippen molar-refractivity contribution in [1.29, 1.82) is 0 Å². The SMILES string of the molecule is Cl.Clc1nsc(N2CCNCC2)n1. The first-order chi connectivity index (χ1) is 5.86. The zero-order chi connectivity index (χ0) is 8.39. The van der Waals surface area contributed by atoms with Crippen molar-refractivity contribution >= 4 is 40.7 Å². The van der Waals surface area contributed by atoms with Crippen molar-refractivity contribution in [3.63, 3.8) is 0 Å². The van der Waals surface area contributed by atoms with Gasteiger partial charge in [-0.15, -0.1) is 12.4 Å². The van der Waals surface area contributed by atoms with Crippen molar-refractivity contribution in [2.75, 3.05) is 31.1 Å². The zero-order valence-corrected chi connectivity index (χ0v) is 9.25. The van der Waals surface area contributed by atoms with Crippen LogP contribution in [-0.4, -0.2) is 35.5 Å². The van der Waals surface area contributed by atoms with E-state index in [0.29, 0.717) is 5.28 Å². The van der Waals surface area contributed by atoms with Crippen LogP contribution in [0.1, 0.15) is 0 Å². The van der Waals surface area contributed by atoms with Gasteiger partial charge in [-0.05, 0) is 11.6 Å². The lowest BCUT2D eigenvalue weighted by Gasteiger charge is -2.26. The van der Waals surface area contributed by atoms with E-state index in [-0.39, 0.29) is 12.4 Å². The van der Waals surface area contributed by atoms with Crippen molar-refractivity contribution in [2.24, 2.45) is 0 Å². The standard InChI is InChI=1S/C6H9ClN4S.ClH/c7-5-9-6(12-10-5)11-3-1-8-2-4-11;/h8H,1-4H2;1H. The Balaban J connectivity index is 0.000000845. The minimum Gasteiger partial charge on any atom is -0.344 e. The van der Waals surface area contributed by atoms with E-state index >= 15 is 0 Å². The molecule has 2 heterocycles. The van der Waals surface area contributed by atoms with Crippen LogP contribution in [0.25, 0.3) is 0 Å². The number of anilines is 1. The van der Waals surface area contributed by atoms with Gasteiger partial charge in [0.15, 0.2) is 0 Å². The van der Waals surface area contributed by atoms with Crippen molar-refractivity contribution in [2.45, 2.75) is 0 Å². The highest BCUT2D eigenvalue weighted by Gasteiger charge is 2.13. The van der Waals surface area contributed by atoms with E-state index in [4.69, 9.17) is 11.6 Å². The molecular formula is C6H10Cl2N4S. The van der Waals surface area contributed by atoms with Crippen molar-refractivity contribution in [3.05, 3.63) is 5.28 Å². The summed E-state index contributed by atoms with van der Waals surface area (Å²) < 4.78 is 3.93. The Bertz CT molecular complexity index is 261. The molecule has 0 amide bonds. The molecule has 0 saturated carbocycles. The smallest absolute Gasteiger partial charge is 0.236 e. The Morgan fingerprint density at radius 2 is 2.08 bits per heavy atom. The maximum atomic E-state index is 5.63. The van der Waals surface area contributed by atoms with E-state index in [0.717, 1.165) is 31.3 Å². The largest absolute Gasteiger partial charge is 0.344 e. The fraction of sp³-hybridized carbons (Fsp3) is 0.667. The van der Waals surface area contributed by atoms with Gasteiger partial charge < -0.3 is 10.2 Å². The van der Waals surface area contributed by atoms with E-state index in [1.54, 1.807) is 0 Å². The third-order valence-corrected chi connectivity index (χ3v) is 2.82. The third kappa shape index (κ3) is 2.67. The number of piperazine rings is 1. The Morgan fingerprint density at radius 1 is 1.38 bits per heavy atom. The molecule has 0 spiro atoms. The zero-order valence-electron chi connectivity index (χ0n) is 6.86. The number of rotatable bonds is 1. The molecule has 1 saturated heterocycles. The van der Waals surface area contributed by atoms with Crippen LogP contribution in [0, 0.1) is 0 Å². The molecule has 13 heavy (non-hydrogen) atoms. The van der Waals surface area contributed by atoms with Crippen LogP contribution >= 0.6 is 35.5 Å². The van der Waals surface area contributed by atoms with Gasteiger partial charge in [0.25, 0.3) is 0 Å². The molecule has 1 aromatic heterocycles. The van der Waals surface area contributed by atoms with Crippen LogP contribution in [0.2, 0.25) is 5.28 Å². The fourth-order valence-corrected chi connectivity index (χ4v) is 2.04. The van der Waals surface area contributed by atoms with Crippen LogP contribution < -0.4 is 10.2 Å². The second kappa shape index (κ2) is 4.95. The molecule has 7 heteroatoms. The summed E-state index contributed by atoms with van der Waals surface area (Å²) in [6.07, 6.45) is 0. The lowest BCUT2D eigenvalue weighted by Crippen LogP contribution is -2.43. The maximum Gasteiger partial charge on any atom is 0.236 e. The van der Waals surface area contributed by atoms with Crippen LogP contribution in [0.4, 0.5) is 5.13 Å². The van der Waals surface area contributed by atoms with Crippen molar-refractivity contribution in [1.82, 2.24) is 14.7 Å². The van der Waals surface area contributed by atoms with Gasteiger partial charge in [-0.1, -0.05) is 0 Å². The number of aromatic nitrogens is 2. The van der Waals surface area contributed by atoms with Crippen molar-refractivity contribution < 1.29 is 0 Å². The summed E-state index contributed by atoms with van der Waals surface area (Å²) >= 11 is 6.99. The molecule has 0 aromatic carbocycles. The predicted molar refractivity (Wildman–Crippen MR) is 57.2 cm³/mol. The second-order valence-corrected chi connectivity index (χ2v) is 3.65. The van der Waals surface area contributed by atoms with E-state index in [1.807, 2.05) is 0 Å². The van der Waals surface area contributed by atoms with Gasteiger partial charge in [-0.2, -0.15) is 9.36 Å². The van der Waals surface area contributed by atoms with Crippen molar-refractivity contribution in [3.8, 4) is 0 Å². The number of nitrogens with zero attached hydrogens (tertiary/aromatic N) is 3. The van der Waals surface area contributed by atoms with E-state index in [2.05, 4.69) is 19.6 Å². The summed E-state index contributed by atoms with van der Waals surface area (Å²) in [5, 5.41) is 4.56. The fourth-order valence-electron chi connectivity index (χ4n) is 1.18. The number of halogens is 2. The molecule has 0 radical (unpaired) electrons. The molecule has 1 fully saturated rings. The molecule has 1 aliphatic rings. The summed E-state index contributed by atoms with van der Waals surface area (Å²) in [5.41, 5.74) is 0. The van der Waals surface area contributed by atoms with Gasteiger partial charge in [0.1, 0.15) is 0 Å². The average molecular weight is 241 g/mol. The summed E-state index contributed by atoms with van der Waals surface area (Å²) in [5.74, 6) is 0. The van der Waals surface area contributed by atoms with Gasteiger partial charge >= 0.3 is 0 Å². The summed E-state index contributed by atoms with van der Waals surface area (Å²) in [6, 6.07) is 0. The molecule has 1 N–H and O–H groups in total. The van der Waals surface area contributed by atoms with Gasteiger partial charge in [-0.25, -0.2) is 0 Å². The molecule has 0 aliphatic carbocycles. The monoisotopic (exact) mass is 240 g/mol. The summed E-state index contributed by atoms with van der Waals surface area (Å²) in [4.78, 5) is 6.30. The van der Waals surface area contributed by atoms with Crippen LogP contribution in [0.3, 0.4) is 0 Å². The molecule has 4 nitrogen and oxygen atoms in total. The Labute approximate surface area is 91.9 Å². The maximum absolute atomic E-state index is 5.63. The molecular weight excluding hydrogens is 231 g/mol. The van der Waals surface area contributed by atoms with Gasteiger partial charge in [-0.3, -0.25) is 0 Å². The Hall–Kier alpha value is -0.100. The van der Waals surface area contributed by atoms with E-state index in [1.165, 1.54) is 11.5 Å². The lowest BCUT2D eigenvalue weighted by atomic mass is 10.4. The second-order valence-electron chi connectivity index (χ2n) is 2.58. The van der Waals surface area contributed by atoms with Gasteiger partial charge in [0.05, 0.1) is 0 Å². The molecule has 0 bridgehead atoms. The number of nitrogens with one attached hydrogen (secondary N) is 1. The Morgan fingerprint density at radius 3 is 2.62 bits per heavy atom. The van der Waals surface area contributed by atoms with Crippen LogP contribution in [-0.2, 0) is 0 Å². The number of hydrogen-bond donors (Lipinski definition) is 1. The molecule has 0 unspecified atom stereocenters. The molecule has 1 aliphatic heterocycles. The third-order valence-electron chi connectivity index (χ3n) is 1.78. The average Bonchev–Trinajstić information content (AvgIpc) is 2.54. The molecule has 0 atom stereocenters. The minimum absolute atomic E-state index is 0. The lowest BCUT2D eigenvalue weighted by molar-refractivity contribution is 0.588. The quantitative estimate of drug-likeness (QED) is 0.797. The first kappa shape index (κ1) is 11.0. The predicted octanol–water partition coefficient (Wildman–Crippen LogP) is 1.02. The minimum atomic E-state index is 0. The molecule has 1 aromatic rings. The normalized spacial score (nSPS) is 16.8. The number of hydrogen-bond acceptors (Lipinski definition) is 5. The van der Waals surface area contributed by atoms with E-state index < -0.39 is 0 Å². The summed E-state index contributed by atoms with van der Waals surface area (Å²) in [7, 11) is 0. The first-order valence-electron chi connectivity index (χ1n) is 3.81. The topological polar surface area (TPSA) is 41.1 Å². The van der Waals surface area contributed by atoms with E-state index in [9.17, 15) is 0 Å². The molecule has 2 rings (SSSR count). The van der Waals surface area contributed by atoms with Gasteiger partial charge in [0.2, 0.25) is 10.4 Å². The first-order valence-corrected chi connectivity index (χ1v) is 4.96. The Kier molecular flexibility index (Phi) is 4.18. The summed E-state index contributed by atoms with van der Waals surface area (Å²) in [6.45, 7) is 4.01.